The predicted octanol–water partition coefficient (Wildman–Crippen LogP) is 1.54. The topological polar surface area (TPSA) is 41.4 Å². The van der Waals surface area contributed by atoms with Crippen molar-refractivity contribution in [1.29, 1.82) is 0 Å². The monoisotopic (exact) mass is 284 g/mol. The van der Waals surface area contributed by atoms with E-state index in [0.717, 1.165) is 26.2 Å². The van der Waals surface area contributed by atoms with Crippen molar-refractivity contribution in [2.75, 3.05) is 31.1 Å². The van der Waals surface area contributed by atoms with Crippen LogP contribution in [0.25, 0.3) is 0 Å². The molecule has 0 N–H and O–H groups in total. The minimum atomic E-state index is 0.192. The minimum absolute atomic E-state index is 0.192. The van der Waals surface area contributed by atoms with Crippen LogP contribution >= 0.6 is 0 Å². The van der Waals surface area contributed by atoms with E-state index < -0.39 is 0 Å². The van der Waals surface area contributed by atoms with Gasteiger partial charge in [0.05, 0.1) is 0 Å². The van der Waals surface area contributed by atoms with Gasteiger partial charge in [0.15, 0.2) is 0 Å². The van der Waals surface area contributed by atoms with E-state index in [1.54, 1.807) is 0 Å². The molecule has 1 fully saturated rings. The standard InChI is InChI=1S/C16H20N4O/c1-14-12-17-5-4-15(14)19-8-10-20(11-9-19)16(21)13-18-6-2-3-7-18/h2-7,12H,8-11,13H2,1H3. The van der Waals surface area contributed by atoms with E-state index in [1.807, 2.05) is 52.5 Å². The normalized spacial score (nSPS) is 15.3. The Morgan fingerprint density at radius 1 is 1.19 bits per heavy atom. The molecule has 1 amide bonds. The van der Waals surface area contributed by atoms with Crippen molar-refractivity contribution < 1.29 is 4.79 Å². The first-order valence-electron chi connectivity index (χ1n) is 7.28. The van der Waals surface area contributed by atoms with E-state index in [4.69, 9.17) is 0 Å². The van der Waals surface area contributed by atoms with Gasteiger partial charge in [-0.1, -0.05) is 0 Å². The second-order valence-corrected chi connectivity index (χ2v) is 5.39. The zero-order valence-corrected chi connectivity index (χ0v) is 12.3. The van der Waals surface area contributed by atoms with Crippen LogP contribution in [0.1, 0.15) is 5.56 Å². The molecule has 5 nitrogen and oxygen atoms in total. The fourth-order valence-electron chi connectivity index (χ4n) is 2.75. The Balaban J connectivity index is 1.58. The lowest BCUT2D eigenvalue weighted by molar-refractivity contribution is -0.132. The highest BCUT2D eigenvalue weighted by Gasteiger charge is 2.21. The van der Waals surface area contributed by atoms with Crippen molar-refractivity contribution in [3.63, 3.8) is 0 Å². The second kappa shape index (κ2) is 5.99. The number of aryl methyl sites for hydroxylation is 1. The second-order valence-electron chi connectivity index (χ2n) is 5.39. The summed E-state index contributed by atoms with van der Waals surface area (Å²) in [6, 6.07) is 5.93. The summed E-state index contributed by atoms with van der Waals surface area (Å²) in [5.41, 5.74) is 2.41. The third-order valence-corrected chi connectivity index (χ3v) is 3.95. The number of piperazine rings is 1. The highest BCUT2D eigenvalue weighted by Crippen LogP contribution is 2.19. The Hall–Kier alpha value is -2.30. The van der Waals surface area contributed by atoms with Gasteiger partial charge in [-0.3, -0.25) is 9.78 Å². The van der Waals surface area contributed by atoms with Crippen molar-refractivity contribution >= 4 is 11.6 Å². The zero-order valence-electron chi connectivity index (χ0n) is 12.3. The molecule has 0 radical (unpaired) electrons. The maximum atomic E-state index is 12.3. The fraction of sp³-hybridized carbons (Fsp3) is 0.375. The van der Waals surface area contributed by atoms with Gasteiger partial charge in [0.2, 0.25) is 5.91 Å². The average Bonchev–Trinajstić information content (AvgIpc) is 3.01. The summed E-state index contributed by atoms with van der Waals surface area (Å²) in [5.74, 6) is 0.192. The molecule has 0 aliphatic carbocycles. The summed E-state index contributed by atoms with van der Waals surface area (Å²) in [6.45, 7) is 5.82. The number of nitrogens with zero attached hydrogens (tertiary/aromatic N) is 4. The Labute approximate surface area is 124 Å². The SMILES string of the molecule is Cc1cnccc1N1CCN(C(=O)Cn2cccc2)CC1. The van der Waals surface area contributed by atoms with Gasteiger partial charge in [-0.15, -0.1) is 0 Å². The molecule has 3 heterocycles. The number of anilines is 1. The van der Waals surface area contributed by atoms with Crippen LogP contribution in [0.4, 0.5) is 5.69 Å². The molecule has 2 aromatic rings. The van der Waals surface area contributed by atoms with Gasteiger partial charge in [-0.2, -0.15) is 0 Å². The Kier molecular flexibility index (Phi) is 3.90. The molecule has 21 heavy (non-hydrogen) atoms. The first-order chi connectivity index (χ1) is 10.2. The molecule has 2 aromatic heterocycles. The van der Waals surface area contributed by atoms with Gasteiger partial charge in [0.1, 0.15) is 6.54 Å². The number of amides is 1. The van der Waals surface area contributed by atoms with Crippen LogP contribution in [0.15, 0.2) is 43.0 Å². The smallest absolute Gasteiger partial charge is 0.242 e. The Bertz CT molecular complexity index is 600. The lowest BCUT2D eigenvalue weighted by atomic mass is 10.2. The molecule has 5 heteroatoms. The largest absolute Gasteiger partial charge is 0.368 e. The molecule has 0 aromatic carbocycles. The van der Waals surface area contributed by atoms with Gasteiger partial charge in [0.25, 0.3) is 0 Å². The lowest BCUT2D eigenvalue weighted by Gasteiger charge is -2.36. The van der Waals surface area contributed by atoms with Crippen LogP contribution in [0.5, 0.6) is 0 Å². The summed E-state index contributed by atoms with van der Waals surface area (Å²) in [5, 5.41) is 0. The first-order valence-corrected chi connectivity index (χ1v) is 7.28. The van der Waals surface area contributed by atoms with E-state index in [0.29, 0.717) is 6.54 Å². The van der Waals surface area contributed by atoms with Crippen LogP contribution in [0, 0.1) is 6.92 Å². The van der Waals surface area contributed by atoms with Crippen LogP contribution in [0.3, 0.4) is 0 Å². The summed E-state index contributed by atoms with van der Waals surface area (Å²) < 4.78 is 1.92. The van der Waals surface area contributed by atoms with Gasteiger partial charge in [-0.25, -0.2) is 0 Å². The summed E-state index contributed by atoms with van der Waals surface area (Å²) >= 11 is 0. The molecule has 0 atom stereocenters. The maximum Gasteiger partial charge on any atom is 0.242 e. The molecule has 1 aliphatic rings. The highest BCUT2D eigenvalue weighted by molar-refractivity contribution is 5.76. The van der Waals surface area contributed by atoms with Crippen LogP contribution in [-0.4, -0.2) is 46.5 Å². The van der Waals surface area contributed by atoms with Gasteiger partial charge in [-0.05, 0) is 30.7 Å². The maximum absolute atomic E-state index is 12.3. The molecule has 110 valence electrons. The van der Waals surface area contributed by atoms with E-state index in [2.05, 4.69) is 16.8 Å². The lowest BCUT2D eigenvalue weighted by Crippen LogP contribution is -2.49. The average molecular weight is 284 g/mol. The van der Waals surface area contributed by atoms with Crippen molar-refractivity contribution in [2.45, 2.75) is 13.5 Å². The zero-order chi connectivity index (χ0) is 14.7. The van der Waals surface area contributed by atoms with Crippen molar-refractivity contribution in [3.8, 4) is 0 Å². The molecule has 0 unspecified atom stereocenters. The quantitative estimate of drug-likeness (QED) is 0.858. The summed E-state index contributed by atoms with van der Waals surface area (Å²) in [6.07, 6.45) is 7.56. The van der Waals surface area contributed by atoms with Gasteiger partial charge >= 0.3 is 0 Å². The third kappa shape index (κ3) is 3.07. The number of pyridine rings is 1. The van der Waals surface area contributed by atoms with Crippen LogP contribution in [-0.2, 0) is 11.3 Å². The van der Waals surface area contributed by atoms with E-state index in [1.165, 1.54) is 11.3 Å². The van der Waals surface area contributed by atoms with E-state index in [9.17, 15) is 4.79 Å². The molecule has 1 saturated heterocycles. The summed E-state index contributed by atoms with van der Waals surface area (Å²) in [4.78, 5) is 20.7. The van der Waals surface area contributed by atoms with E-state index >= 15 is 0 Å². The summed E-state index contributed by atoms with van der Waals surface area (Å²) in [7, 11) is 0. The molecular weight excluding hydrogens is 264 g/mol. The predicted molar refractivity (Wildman–Crippen MR) is 82.2 cm³/mol. The molecular formula is C16H20N4O. The van der Waals surface area contributed by atoms with E-state index in [-0.39, 0.29) is 5.91 Å². The van der Waals surface area contributed by atoms with Gasteiger partial charge in [0, 0.05) is 56.7 Å². The molecule has 0 bridgehead atoms. The third-order valence-electron chi connectivity index (χ3n) is 3.95. The first kappa shape index (κ1) is 13.7. The van der Waals surface area contributed by atoms with Crippen molar-refractivity contribution in [2.24, 2.45) is 0 Å². The number of rotatable bonds is 3. The van der Waals surface area contributed by atoms with Crippen molar-refractivity contribution in [3.05, 3.63) is 48.5 Å². The number of hydrogen-bond acceptors (Lipinski definition) is 3. The number of aromatic nitrogens is 2. The Morgan fingerprint density at radius 3 is 2.57 bits per heavy atom. The molecule has 3 rings (SSSR count). The number of carbonyl (C=O) groups excluding carboxylic acids is 1. The number of hydrogen-bond donors (Lipinski definition) is 0. The molecule has 0 spiro atoms. The fourth-order valence-corrected chi connectivity index (χ4v) is 2.75. The molecule has 0 saturated carbocycles. The minimum Gasteiger partial charge on any atom is -0.368 e. The Morgan fingerprint density at radius 2 is 1.90 bits per heavy atom. The van der Waals surface area contributed by atoms with Gasteiger partial charge < -0.3 is 14.4 Å². The number of carbonyl (C=O) groups is 1. The van der Waals surface area contributed by atoms with Crippen LogP contribution in [0.2, 0.25) is 0 Å². The van der Waals surface area contributed by atoms with Crippen LogP contribution < -0.4 is 4.90 Å². The molecule has 1 aliphatic heterocycles. The highest BCUT2D eigenvalue weighted by atomic mass is 16.2. The van der Waals surface area contributed by atoms with Crippen molar-refractivity contribution in [1.82, 2.24) is 14.5 Å².